The van der Waals surface area contributed by atoms with E-state index >= 15 is 0 Å². The lowest BCUT2D eigenvalue weighted by Crippen LogP contribution is -2.45. The van der Waals surface area contributed by atoms with Crippen molar-refractivity contribution in [1.29, 1.82) is 0 Å². The van der Waals surface area contributed by atoms with Gasteiger partial charge in [0.15, 0.2) is 0 Å². The molecule has 0 aromatic carbocycles. The number of hydrogen-bond donors (Lipinski definition) is 1. The molecule has 1 rings (SSSR count). The molecule has 120 valence electrons. The Kier molecular flexibility index (Phi) is 7.00. The minimum absolute atomic E-state index is 0.205. The first-order valence-electron chi connectivity index (χ1n) is 8.71. The lowest BCUT2D eigenvalue weighted by atomic mass is 9.74. The van der Waals surface area contributed by atoms with E-state index in [1.54, 1.807) is 0 Å². The molecule has 3 atom stereocenters. The van der Waals surface area contributed by atoms with Gasteiger partial charge in [0.05, 0.1) is 12.2 Å². The molecule has 2 heteroatoms. The zero-order valence-corrected chi connectivity index (χ0v) is 14.7. The summed E-state index contributed by atoms with van der Waals surface area (Å²) in [5.41, 5.74) is 0.620. The van der Waals surface area contributed by atoms with Crippen molar-refractivity contribution in [2.75, 3.05) is 6.54 Å². The molecule has 0 aliphatic carbocycles. The van der Waals surface area contributed by atoms with Gasteiger partial charge in [0.25, 0.3) is 0 Å². The third-order valence-electron chi connectivity index (χ3n) is 4.78. The summed E-state index contributed by atoms with van der Waals surface area (Å²) in [6, 6.07) is 0. The molecule has 0 radical (unpaired) electrons. The van der Waals surface area contributed by atoms with Gasteiger partial charge in [-0.25, -0.2) is 0 Å². The summed E-state index contributed by atoms with van der Waals surface area (Å²) in [5, 5.41) is 3.75. The van der Waals surface area contributed by atoms with E-state index in [9.17, 15) is 0 Å². The van der Waals surface area contributed by atoms with Crippen LogP contribution in [0.4, 0.5) is 0 Å². The Morgan fingerprint density at radius 1 is 1.15 bits per heavy atom. The van der Waals surface area contributed by atoms with E-state index in [0.29, 0.717) is 17.6 Å². The Hall–Kier alpha value is -0.0800. The fourth-order valence-electron chi connectivity index (χ4n) is 3.23. The van der Waals surface area contributed by atoms with Crippen molar-refractivity contribution in [3.05, 3.63) is 0 Å². The van der Waals surface area contributed by atoms with Gasteiger partial charge in [-0.2, -0.15) is 0 Å². The van der Waals surface area contributed by atoms with Crippen LogP contribution in [0.2, 0.25) is 0 Å². The number of hydrogen-bond acceptors (Lipinski definition) is 2. The SMILES string of the molecule is CCCCC(CC)(CNC(C)(C)C)CC1CCC(C)O1. The van der Waals surface area contributed by atoms with Gasteiger partial charge >= 0.3 is 0 Å². The van der Waals surface area contributed by atoms with Crippen LogP contribution in [0.15, 0.2) is 0 Å². The normalized spacial score (nSPS) is 26.7. The second-order valence-electron chi connectivity index (χ2n) is 7.91. The van der Waals surface area contributed by atoms with Gasteiger partial charge in [0.1, 0.15) is 0 Å². The van der Waals surface area contributed by atoms with E-state index in [1.807, 2.05) is 0 Å². The Bertz CT molecular complexity index is 271. The summed E-state index contributed by atoms with van der Waals surface area (Å²) in [4.78, 5) is 0. The predicted octanol–water partition coefficient (Wildman–Crippen LogP) is 4.92. The molecule has 0 aromatic heterocycles. The minimum Gasteiger partial charge on any atom is -0.375 e. The molecule has 20 heavy (non-hydrogen) atoms. The van der Waals surface area contributed by atoms with Crippen LogP contribution in [0.1, 0.15) is 86.5 Å². The molecule has 1 N–H and O–H groups in total. The average molecular weight is 284 g/mol. The summed E-state index contributed by atoms with van der Waals surface area (Å²) < 4.78 is 6.10. The monoisotopic (exact) mass is 283 g/mol. The third kappa shape index (κ3) is 6.13. The molecule has 0 aromatic rings. The fraction of sp³-hybridized carbons (Fsp3) is 1.00. The highest BCUT2D eigenvalue weighted by Gasteiger charge is 2.34. The zero-order valence-electron chi connectivity index (χ0n) is 14.7. The van der Waals surface area contributed by atoms with Crippen LogP contribution in [0.5, 0.6) is 0 Å². The molecule has 0 amide bonds. The lowest BCUT2D eigenvalue weighted by molar-refractivity contribution is 0.0154. The Morgan fingerprint density at radius 3 is 2.30 bits per heavy atom. The topological polar surface area (TPSA) is 21.3 Å². The van der Waals surface area contributed by atoms with Crippen LogP contribution in [-0.2, 0) is 4.74 Å². The van der Waals surface area contributed by atoms with Crippen LogP contribution < -0.4 is 5.32 Å². The van der Waals surface area contributed by atoms with Crippen molar-refractivity contribution in [3.8, 4) is 0 Å². The number of nitrogens with one attached hydrogen (secondary N) is 1. The summed E-state index contributed by atoms with van der Waals surface area (Å²) in [5.74, 6) is 0. The van der Waals surface area contributed by atoms with Gasteiger partial charge < -0.3 is 10.1 Å². The number of unbranched alkanes of at least 4 members (excludes halogenated alkanes) is 1. The van der Waals surface area contributed by atoms with Crippen LogP contribution >= 0.6 is 0 Å². The maximum Gasteiger partial charge on any atom is 0.0585 e. The van der Waals surface area contributed by atoms with Gasteiger partial charge in [0.2, 0.25) is 0 Å². The molecule has 1 fully saturated rings. The quantitative estimate of drug-likeness (QED) is 0.683. The van der Waals surface area contributed by atoms with Crippen LogP contribution in [0, 0.1) is 5.41 Å². The van der Waals surface area contributed by atoms with E-state index in [-0.39, 0.29) is 5.54 Å². The van der Waals surface area contributed by atoms with Gasteiger partial charge in [-0.1, -0.05) is 26.7 Å². The summed E-state index contributed by atoms with van der Waals surface area (Å²) in [7, 11) is 0. The molecule has 0 bridgehead atoms. The molecule has 3 unspecified atom stereocenters. The second kappa shape index (κ2) is 7.79. The standard InChI is InChI=1S/C18H37NO/c1-7-9-12-18(8-2,14-19-17(4,5)6)13-16-11-10-15(3)20-16/h15-16,19H,7-14H2,1-6H3. The molecule has 1 aliphatic rings. The van der Waals surface area contributed by atoms with Crippen molar-refractivity contribution >= 4 is 0 Å². The van der Waals surface area contributed by atoms with E-state index in [0.717, 1.165) is 6.54 Å². The first kappa shape index (κ1) is 18.0. The first-order chi connectivity index (χ1) is 9.30. The molecule has 0 spiro atoms. The summed E-state index contributed by atoms with van der Waals surface area (Å²) in [6.07, 6.45) is 9.90. The number of ether oxygens (including phenoxy) is 1. The van der Waals surface area contributed by atoms with E-state index in [4.69, 9.17) is 4.74 Å². The molecule has 0 saturated carbocycles. The Morgan fingerprint density at radius 2 is 1.85 bits per heavy atom. The largest absolute Gasteiger partial charge is 0.375 e. The Balaban J connectivity index is 2.65. The van der Waals surface area contributed by atoms with Crippen LogP contribution in [-0.4, -0.2) is 24.3 Å². The van der Waals surface area contributed by atoms with Crippen molar-refractivity contribution in [3.63, 3.8) is 0 Å². The summed E-state index contributed by atoms with van der Waals surface area (Å²) >= 11 is 0. The maximum absolute atomic E-state index is 6.10. The smallest absolute Gasteiger partial charge is 0.0585 e. The van der Waals surface area contributed by atoms with E-state index in [2.05, 4.69) is 46.9 Å². The molecular weight excluding hydrogens is 246 g/mol. The van der Waals surface area contributed by atoms with Crippen LogP contribution in [0.25, 0.3) is 0 Å². The number of rotatable bonds is 8. The molecule has 2 nitrogen and oxygen atoms in total. The Labute approximate surface area is 127 Å². The molecule has 1 aliphatic heterocycles. The van der Waals surface area contributed by atoms with Gasteiger partial charge in [-0.15, -0.1) is 0 Å². The van der Waals surface area contributed by atoms with Crippen molar-refractivity contribution < 1.29 is 4.74 Å². The molecule has 1 saturated heterocycles. The third-order valence-corrected chi connectivity index (χ3v) is 4.78. The highest BCUT2D eigenvalue weighted by molar-refractivity contribution is 4.88. The molecule has 1 heterocycles. The fourth-order valence-corrected chi connectivity index (χ4v) is 3.23. The zero-order chi connectivity index (χ0) is 15.2. The highest BCUT2D eigenvalue weighted by atomic mass is 16.5. The van der Waals surface area contributed by atoms with Gasteiger partial charge in [0, 0.05) is 12.1 Å². The maximum atomic E-state index is 6.10. The van der Waals surface area contributed by atoms with Crippen molar-refractivity contribution in [1.82, 2.24) is 5.32 Å². The first-order valence-corrected chi connectivity index (χ1v) is 8.71. The minimum atomic E-state index is 0.205. The summed E-state index contributed by atoms with van der Waals surface area (Å²) in [6.45, 7) is 14.8. The highest BCUT2D eigenvalue weighted by Crippen LogP contribution is 2.38. The van der Waals surface area contributed by atoms with Crippen molar-refractivity contribution in [2.45, 2.75) is 104 Å². The van der Waals surface area contributed by atoms with E-state index < -0.39 is 0 Å². The van der Waals surface area contributed by atoms with Crippen LogP contribution in [0.3, 0.4) is 0 Å². The average Bonchev–Trinajstić information content (AvgIpc) is 2.77. The van der Waals surface area contributed by atoms with Crippen molar-refractivity contribution in [2.24, 2.45) is 5.41 Å². The molecular formula is C18H37NO. The van der Waals surface area contributed by atoms with Gasteiger partial charge in [-0.3, -0.25) is 0 Å². The predicted molar refractivity (Wildman–Crippen MR) is 88.2 cm³/mol. The lowest BCUT2D eigenvalue weighted by Gasteiger charge is -2.38. The second-order valence-corrected chi connectivity index (χ2v) is 7.91. The van der Waals surface area contributed by atoms with Gasteiger partial charge in [-0.05, 0) is 65.2 Å². The van der Waals surface area contributed by atoms with E-state index in [1.165, 1.54) is 44.9 Å².